The summed E-state index contributed by atoms with van der Waals surface area (Å²) in [5.74, 6) is 1.38. The maximum Gasteiger partial charge on any atom is 0.233 e. The predicted octanol–water partition coefficient (Wildman–Crippen LogP) is 4.43. The van der Waals surface area contributed by atoms with Gasteiger partial charge in [0.05, 0.1) is 7.11 Å². The lowest BCUT2D eigenvalue weighted by atomic mass is 9.98. The molecule has 4 rings (SSSR count). The van der Waals surface area contributed by atoms with Crippen molar-refractivity contribution in [1.29, 1.82) is 0 Å². The lowest BCUT2D eigenvalue weighted by Crippen LogP contribution is -2.49. The highest BCUT2D eigenvalue weighted by molar-refractivity contribution is 5.57. The molecule has 2 fully saturated rings. The number of aromatic nitrogens is 3. The minimum atomic E-state index is -0.433. The Kier molecular flexibility index (Phi) is 7.80. The molecular weight excluding hydrogens is 421 g/mol. The highest BCUT2D eigenvalue weighted by atomic mass is 19.1. The van der Waals surface area contributed by atoms with E-state index in [-0.39, 0.29) is 5.75 Å². The maximum atomic E-state index is 14.2. The maximum absolute atomic E-state index is 14.2. The van der Waals surface area contributed by atoms with E-state index in [1.54, 1.807) is 12.1 Å². The molecule has 0 atom stereocenters. The summed E-state index contributed by atoms with van der Waals surface area (Å²) in [4.78, 5) is 19.0. The van der Waals surface area contributed by atoms with Crippen LogP contribution in [0, 0.1) is 5.82 Å². The Hall–Kier alpha value is -2.68. The number of anilines is 4. The molecular formula is C24H36FN7O. The number of methoxy groups -OCH3 is 1. The third-order valence-corrected chi connectivity index (χ3v) is 6.79. The Bertz CT molecular complexity index is 912. The molecule has 9 heteroatoms. The molecule has 0 unspecified atom stereocenters. The number of hydrogen-bond acceptors (Lipinski definition) is 8. The van der Waals surface area contributed by atoms with Gasteiger partial charge in [0.2, 0.25) is 17.8 Å². The van der Waals surface area contributed by atoms with Crippen LogP contribution in [0.1, 0.15) is 51.4 Å². The van der Waals surface area contributed by atoms with Crippen molar-refractivity contribution in [3.05, 3.63) is 24.0 Å². The highest BCUT2D eigenvalue weighted by Crippen LogP contribution is 2.31. The van der Waals surface area contributed by atoms with Crippen LogP contribution in [-0.2, 0) is 0 Å². The van der Waals surface area contributed by atoms with Gasteiger partial charge in [-0.3, -0.25) is 0 Å². The fourth-order valence-corrected chi connectivity index (χ4v) is 4.96. The summed E-state index contributed by atoms with van der Waals surface area (Å²) in [5, 5.41) is 6.23. The van der Waals surface area contributed by atoms with Gasteiger partial charge in [-0.2, -0.15) is 15.0 Å². The van der Waals surface area contributed by atoms with E-state index >= 15 is 0 Å². The molecule has 1 saturated heterocycles. The van der Waals surface area contributed by atoms with Crippen molar-refractivity contribution in [1.82, 2.24) is 19.9 Å². The molecule has 1 saturated carbocycles. The molecule has 2 heterocycles. The van der Waals surface area contributed by atoms with Crippen LogP contribution in [0.25, 0.3) is 0 Å². The van der Waals surface area contributed by atoms with Crippen LogP contribution in [-0.4, -0.2) is 66.2 Å². The first kappa shape index (κ1) is 23.5. The molecule has 0 spiro atoms. The van der Waals surface area contributed by atoms with Crippen LogP contribution in [0.5, 0.6) is 5.75 Å². The van der Waals surface area contributed by atoms with E-state index in [1.807, 2.05) is 7.05 Å². The molecule has 1 aliphatic carbocycles. The Balaban J connectivity index is 1.66. The average Bonchev–Trinajstić information content (AvgIpc) is 3.10. The van der Waals surface area contributed by atoms with Crippen LogP contribution in [0.4, 0.5) is 27.9 Å². The lowest BCUT2D eigenvalue weighted by Gasteiger charge is -2.42. The Morgan fingerprint density at radius 2 is 1.64 bits per heavy atom. The van der Waals surface area contributed by atoms with E-state index in [0.717, 1.165) is 25.9 Å². The molecule has 180 valence electrons. The van der Waals surface area contributed by atoms with Crippen LogP contribution < -0.4 is 20.3 Å². The van der Waals surface area contributed by atoms with Crippen LogP contribution in [0.2, 0.25) is 0 Å². The molecule has 33 heavy (non-hydrogen) atoms. The summed E-state index contributed by atoms with van der Waals surface area (Å²) in [5.41, 5.74) is 0.563. The van der Waals surface area contributed by atoms with Crippen molar-refractivity contribution in [2.45, 2.75) is 63.5 Å². The van der Waals surface area contributed by atoms with Crippen molar-refractivity contribution >= 4 is 23.5 Å². The van der Waals surface area contributed by atoms with Gasteiger partial charge >= 0.3 is 0 Å². The normalized spacial score (nSPS) is 18.5. The summed E-state index contributed by atoms with van der Waals surface area (Å²) < 4.78 is 19.2. The van der Waals surface area contributed by atoms with E-state index in [4.69, 9.17) is 14.7 Å². The van der Waals surface area contributed by atoms with Gasteiger partial charge in [0.1, 0.15) is 0 Å². The monoisotopic (exact) mass is 457 g/mol. The van der Waals surface area contributed by atoms with Crippen molar-refractivity contribution < 1.29 is 9.13 Å². The van der Waals surface area contributed by atoms with Gasteiger partial charge in [-0.05, 0) is 58.0 Å². The number of ether oxygens (including phenoxy) is 1. The number of piperidine rings is 1. The van der Waals surface area contributed by atoms with Gasteiger partial charge in [0.15, 0.2) is 11.6 Å². The average molecular weight is 458 g/mol. The first-order valence-corrected chi connectivity index (χ1v) is 12.1. The van der Waals surface area contributed by atoms with Crippen molar-refractivity contribution in [3.63, 3.8) is 0 Å². The summed E-state index contributed by atoms with van der Waals surface area (Å²) in [6.07, 6.45) is 9.61. The Morgan fingerprint density at radius 1 is 0.970 bits per heavy atom. The molecule has 0 radical (unpaired) electrons. The molecule has 1 aliphatic heterocycles. The molecule has 2 aliphatic rings. The topological polar surface area (TPSA) is 78.4 Å². The molecule has 2 aromatic rings. The molecule has 8 nitrogen and oxygen atoms in total. The number of rotatable bonds is 7. The Labute approximate surface area is 196 Å². The smallest absolute Gasteiger partial charge is 0.233 e. The third-order valence-electron chi connectivity index (χ3n) is 6.79. The molecule has 2 N–H and O–H groups in total. The quantitative estimate of drug-likeness (QED) is 0.592. The minimum absolute atomic E-state index is 0.203. The first-order chi connectivity index (χ1) is 16.1. The molecule has 1 aromatic heterocycles. The summed E-state index contributed by atoms with van der Waals surface area (Å²) in [6, 6.07) is 5.57. The van der Waals surface area contributed by atoms with E-state index < -0.39 is 5.82 Å². The number of hydrogen-bond donors (Lipinski definition) is 2. The second-order valence-electron chi connectivity index (χ2n) is 9.09. The number of nitrogens with one attached hydrogen (secondary N) is 2. The Morgan fingerprint density at radius 3 is 2.27 bits per heavy atom. The molecule has 0 amide bonds. The largest absolute Gasteiger partial charge is 0.494 e. The fraction of sp³-hybridized carbons (Fsp3) is 0.625. The predicted molar refractivity (Wildman–Crippen MR) is 130 cm³/mol. The third kappa shape index (κ3) is 5.82. The lowest BCUT2D eigenvalue weighted by molar-refractivity contribution is 0.239. The zero-order chi connectivity index (χ0) is 23.2. The zero-order valence-electron chi connectivity index (χ0n) is 20.0. The van der Waals surface area contributed by atoms with E-state index in [0.29, 0.717) is 35.6 Å². The minimum Gasteiger partial charge on any atom is -0.494 e. The van der Waals surface area contributed by atoms with Crippen molar-refractivity contribution in [2.75, 3.05) is 49.8 Å². The number of likely N-dealkylation sites (tertiary alicyclic amines) is 1. The second-order valence-corrected chi connectivity index (χ2v) is 9.09. The van der Waals surface area contributed by atoms with Crippen LogP contribution in [0.3, 0.4) is 0 Å². The van der Waals surface area contributed by atoms with Crippen LogP contribution in [0.15, 0.2) is 18.2 Å². The number of nitrogens with zero attached hydrogens (tertiary/aromatic N) is 5. The molecule has 0 bridgehead atoms. The van der Waals surface area contributed by atoms with Gasteiger partial charge in [-0.1, -0.05) is 25.7 Å². The van der Waals surface area contributed by atoms with E-state index in [2.05, 4.69) is 32.5 Å². The van der Waals surface area contributed by atoms with Crippen molar-refractivity contribution in [3.8, 4) is 5.75 Å². The summed E-state index contributed by atoms with van der Waals surface area (Å²) in [7, 11) is 5.44. The fourth-order valence-electron chi connectivity index (χ4n) is 4.96. The SMILES string of the molecule is CNc1nc(Nc2ccc(OC)c(F)c2)nc(N(C2CCCCCC2)C2CCN(C)CC2)n1. The van der Waals surface area contributed by atoms with Gasteiger partial charge < -0.3 is 25.2 Å². The van der Waals surface area contributed by atoms with E-state index in [9.17, 15) is 4.39 Å². The summed E-state index contributed by atoms with van der Waals surface area (Å²) in [6.45, 7) is 2.15. The zero-order valence-corrected chi connectivity index (χ0v) is 20.0. The second kappa shape index (κ2) is 11.0. The van der Waals surface area contributed by atoms with Gasteiger partial charge in [0, 0.05) is 30.9 Å². The van der Waals surface area contributed by atoms with Crippen molar-refractivity contribution in [2.24, 2.45) is 0 Å². The summed E-state index contributed by atoms with van der Waals surface area (Å²) >= 11 is 0. The van der Waals surface area contributed by atoms with Gasteiger partial charge in [-0.15, -0.1) is 0 Å². The van der Waals surface area contributed by atoms with Gasteiger partial charge in [0.25, 0.3) is 0 Å². The highest BCUT2D eigenvalue weighted by Gasteiger charge is 2.32. The van der Waals surface area contributed by atoms with Gasteiger partial charge in [-0.25, -0.2) is 4.39 Å². The number of halogens is 1. The standard InChI is InChI=1S/C24H36FN7O/c1-26-22-28-23(27-17-10-11-21(33-3)20(25)16-17)30-24(29-22)32(18-8-6-4-5-7-9-18)19-12-14-31(2)15-13-19/h10-11,16,18-19H,4-9,12-15H2,1-3H3,(H2,26,27,28,29,30). The van der Waals surface area contributed by atoms with Crippen LogP contribution >= 0.6 is 0 Å². The number of benzene rings is 1. The molecule has 1 aromatic carbocycles. The first-order valence-electron chi connectivity index (χ1n) is 12.1. The van der Waals surface area contributed by atoms with E-state index in [1.165, 1.54) is 51.7 Å².